The summed E-state index contributed by atoms with van der Waals surface area (Å²) >= 11 is 1.66. The number of hydrogen-bond donors (Lipinski definition) is 1. The number of amides is 1. The Morgan fingerprint density at radius 2 is 1.83 bits per heavy atom. The molecule has 3 aromatic rings. The SMILES string of the molecule is C[C@H](NC(=O)COC(=O)[C@@H]1CCCC[C@@H]1c1nc2ccccc2s1)c1ccccc1. The molecule has 0 bridgehead atoms. The molecule has 0 spiro atoms. The lowest BCUT2D eigenvalue weighted by Gasteiger charge is -2.28. The van der Waals surface area contributed by atoms with Crippen molar-refractivity contribution in [1.82, 2.24) is 10.3 Å². The number of fused-ring (bicyclic) bond motifs is 1. The molecule has 1 heterocycles. The highest BCUT2D eigenvalue weighted by atomic mass is 32.1. The molecule has 0 radical (unpaired) electrons. The van der Waals surface area contributed by atoms with Crippen LogP contribution in [0.25, 0.3) is 10.2 Å². The largest absolute Gasteiger partial charge is 0.455 e. The Bertz CT molecular complexity index is 984. The van der Waals surface area contributed by atoms with Gasteiger partial charge >= 0.3 is 5.97 Å². The maximum atomic E-state index is 12.8. The molecule has 1 N–H and O–H groups in total. The first kappa shape index (κ1) is 20.5. The zero-order valence-corrected chi connectivity index (χ0v) is 17.9. The Morgan fingerprint density at radius 1 is 1.10 bits per heavy atom. The van der Waals surface area contributed by atoms with Crippen molar-refractivity contribution >= 4 is 33.4 Å². The molecule has 1 aliphatic rings. The van der Waals surface area contributed by atoms with Crippen molar-refractivity contribution in [3.8, 4) is 0 Å². The molecule has 0 aliphatic heterocycles. The van der Waals surface area contributed by atoms with Crippen LogP contribution in [-0.2, 0) is 14.3 Å². The van der Waals surface area contributed by atoms with Gasteiger partial charge in [-0.3, -0.25) is 9.59 Å². The summed E-state index contributed by atoms with van der Waals surface area (Å²) in [4.78, 5) is 29.9. The minimum Gasteiger partial charge on any atom is -0.455 e. The number of para-hydroxylation sites is 1. The van der Waals surface area contributed by atoms with Gasteiger partial charge in [-0.25, -0.2) is 4.98 Å². The summed E-state index contributed by atoms with van der Waals surface area (Å²) in [7, 11) is 0. The number of nitrogens with zero attached hydrogens (tertiary/aromatic N) is 1. The maximum absolute atomic E-state index is 12.8. The molecule has 30 heavy (non-hydrogen) atoms. The summed E-state index contributed by atoms with van der Waals surface area (Å²) in [6.07, 6.45) is 3.79. The van der Waals surface area contributed by atoms with Crippen molar-refractivity contribution in [2.75, 3.05) is 6.61 Å². The van der Waals surface area contributed by atoms with Crippen LogP contribution in [0.5, 0.6) is 0 Å². The molecule has 6 heteroatoms. The molecule has 1 amide bonds. The van der Waals surface area contributed by atoms with Crippen LogP contribution < -0.4 is 5.32 Å². The second kappa shape index (κ2) is 9.39. The van der Waals surface area contributed by atoms with E-state index in [-0.39, 0.29) is 36.4 Å². The fraction of sp³-hybridized carbons (Fsp3) is 0.375. The third kappa shape index (κ3) is 4.70. The number of aromatic nitrogens is 1. The van der Waals surface area contributed by atoms with Gasteiger partial charge in [0, 0.05) is 5.92 Å². The summed E-state index contributed by atoms with van der Waals surface area (Å²) < 4.78 is 6.57. The van der Waals surface area contributed by atoms with Crippen molar-refractivity contribution in [2.45, 2.75) is 44.6 Å². The average molecular weight is 423 g/mol. The number of carbonyl (C=O) groups is 2. The van der Waals surface area contributed by atoms with Gasteiger partial charge in [-0.2, -0.15) is 0 Å². The van der Waals surface area contributed by atoms with Crippen molar-refractivity contribution < 1.29 is 14.3 Å². The molecule has 156 valence electrons. The minimum absolute atomic E-state index is 0.0648. The maximum Gasteiger partial charge on any atom is 0.310 e. The van der Waals surface area contributed by atoms with Crippen LogP contribution in [0.2, 0.25) is 0 Å². The monoisotopic (exact) mass is 422 g/mol. The first-order valence-corrected chi connectivity index (χ1v) is 11.3. The number of nitrogens with one attached hydrogen (secondary N) is 1. The fourth-order valence-electron chi connectivity index (χ4n) is 4.11. The summed E-state index contributed by atoms with van der Waals surface area (Å²) in [6.45, 7) is 1.67. The van der Waals surface area contributed by atoms with Crippen LogP contribution in [-0.4, -0.2) is 23.5 Å². The molecule has 3 atom stereocenters. The quantitative estimate of drug-likeness (QED) is 0.568. The van der Waals surface area contributed by atoms with E-state index in [1.54, 1.807) is 11.3 Å². The van der Waals surface area contributed by atoms with E-state index in [0.29, 0.717) is 0 Å². The molecule has 0 unspecified atom stereocenters. The predicted octanol–water partition coefficient (Wildman–Crippen LogP) is 4.99. The van der Waals surface area contributed by atoms with Crippen LogP contribution in [0.1, 0.15) is 55.1 Å². The van der Waals surface area contributed by atoms with Gasteiger partial charge in [0.2, 0.25) is 0 Å². The Balaban J connectivity index is 1.37. The van der Waals surface area contributed by atoms with Crippen molar-refractivity contribution in [3.05, 3.63) is 65.2 Å². The number of benzene rings is 2. The predicted molar refractivity (Wildman–Crippen MR) is 118 cm³/mol. The number of thiazole rings is 1. The highest BCUT2D eigenvalue weighted by Crippen LogP contribution is 2.41. The highest BCUT2D eigenvalue weighted by molar-refractivity contribution is 7.18. The van der Waals surface area contributed by atoms with E-state index in [0.717, 1.165) is 46.5 Å². The first-order chi connectivity index (χ1) is 14.6. The third-order valence-corrected chi connectivity index (χ3v) is 6.89. The van der Waals surface area contributed by atoms with Crippen molar-refractivity contribution in [3.63, 3.8) is 0 Å². The second-order valence-electron chi connectivity index (χ2n) is 7.82. The summed E-state index contributed by atoms with van der Waals surface area (Å²) in [5, 5.41) is 3.89. The molecule has 5 nitrogen and oxygen atoms in total. The van der Waals surface area contributed by atoms with Gasteiger partial charge < -0.3 is 10.1 Å². The molecular formula is C24H26N2O3S. The lowest BCUT2D eigenvalue weighted by molar-refractivity contribution is -0.154. The summed E-state index contributed by atoms with van der Waals surface area (Å²) in [6, 6.07) is 17.6. The smallest absolute Gasteiger partial charge is 0.310 e. The molecule has 4 rings (SSSR count). The van der Waals surface area contributed by atoms with Crippen molar-refractivity contribution in [2.24, 2.45) is 5.92 Å². The standard InChI is InChI=1S/C24H26N2O3S/c1-16(17-9-3-2-4-10-17)25-22(27)15-29-24(28)19-12-6-5-11-18(19)23-26-20-13-7-8-14-21(20)30-23/h2-4,7-10,13-14,16,18-19H,5-6,11-12,15H2,1H3,(H,25,27)/t16-,18-,19+/m0/s1. The van der Waals surface area contributed by atoms with E-state index in [4.69, 9.17) is 9.72 Å². The molecule has 1 saturated carbocycles. The molecular weight excluding hydrogens is 396 g/mol. The molecule has 2 aromatic carbocycles. The van der Waals surface area contributed by atoms with E-state index in [2.05, 4.69) is 11.4 Å². The van der Waals surface area contributed by atoms with Crippen LogP contribution >= 0.6 is 11.3 Å². The number of ether oxygens (including phenoxy) is 1. The van der Waals surface area contributed by atoms with Crippen LogP contribution in [0.4, 0.5) is 0 Å². The number of esters is 1. The zero-order valence-electron chi connectivity index (χ0n) is 17.0. The second-order valence-corrected chi connectivity index (χ2v) is 8.89. The minimum atomic E-state index is -0.290. The Kier molecular flexibility index (Phi) is 6.43. The normalized spacial score (nSPS) is 19.9. The molecule has 1 fully saturated rings. The average Bonchev–Trinajstić information content (AvgIpc) is 3.22. The van der Waals surface area contributed by atoms with E-state index in [1.807, 2.05) is 55.5 Å². The topological polar surface area (TPSA) is 68.3 Å². The van der Waals surface area contributed by atoms with E-state index < -0.39 is 0 Å². The fourth-order valence-corrected chi connectivity index (χ4v) is 5.28. The van der Waals surface area contributed by atoms with Gasteiger partial charge in [-0.1, -0.05) is 55.3 Å². The molecule has 1 aromatic heterocycles. The van der Waals surface area contributed by atoms with E-state index >= 15 is 0 Å². The number of rotatable bonds is 6. The lowest BCUT2D eigenvalue weighted by atomic mass is 9.79. The first-order valence-electron chi connectivity index (χ1n) is 10.5. The Hall–Kier alpha value is -2.73. The van der Waals surface area contributed by atoms with Gasteiger partial charge in [-0.05, 0) is 37.5 Å². The van der Waals surface area contributed by atoms with E-state index in [9.17, 15) is 9.59 Å². The van der Waals surface area contributed by atoms with Gasteiger partial charge in [0.25, 0.3) is 5.91 Å². The van der Waals surface area contributed by atoms with Crippen molar-refractivity contribution in [1.29, 1.82) is 0 Å². The lowest BCUT2D eigenvalue weighted by Crippen LogP contribution is -2.34. The number of carbonyl (C=O) groups excluding carboxylic acids is 2. The summed E-state index contributed by atoms with van der Waals surface area (Å²) in [5.74, 6) is -0.748. The van der Waals surface area contributed by atoms with E-state index in [1.165, 1.54) is 0 Å². The number of hydrogen-bond acceptors (Lipinski definition) is 5. The Morgan fingerprint density at radius 3 is 2.63 bits per heavy atom. The van der Waals surface area contributed by atoms with Crippen LogP contribution in [0, 0.1) is 5.92 Å². The Labute approximate surface area is 180 Å². The third-order valence-electron chi connectivity index (χ3n) is 5.72. The van der Waals surface area contributed by atoms with Gasteiger partial charge in [0.15, 0.2) is 6.61 Å². The zero-order chi connectivity index (χ0) is 20.9. The van der Waals surface area contributed by atoms with Crippen LogP contribution in [0.15, 0.2) is 54.6 Å². The van der Waals surface area contributed by atoms with Gasteiger partial charge in [-0.15, -0.1) is 11.3 Å². The van der Waals surface area contributed by atoms with Gasteiger partial charge in [0.05, 0.1) is 27.2 Å². The molecule has 1 aliphatic carbocycles. The van der Waals surface area contributed by atoms with Gasteiger partial charge in [0.1, 0.15) is 0 Å². The highest BCUT2D eigenvalue weighted by Gasteiger charge is 2.35. The van der Waals surface area contributed by atoms with Crippen LogP contribution in [0.3, 0.4) is 0 Å². The summed E-state index contributed by atoms with van der Waals surface area (Å²) in [5.41, 5.74) is 1.99. The molecule has 0 saturated heterocycles.